The number of carbonyl (C=O) groups is 1. The van der Waals surface area contributed by atoms with Crippen molar-refractivity contribution in [3.05, 3.63) is 23.8 Å². The smallest absolute Gasteiger partial charge is 0.420 e. The van der Waals surface area contributed by atoms with Crippen molar-refractivity contribution in [2.24, 2.45) is 0 Å². The number of nitrogens with one attached hydrogen (secondary N) is 1. The molecule has 0 saturated carbocycles. The number of amides is 1. The minimum Gasteiger partial charge on any atom is -0.507 e. The van der Waals surface area contributed by atoms with Gasteiger partial charge in [0.25, 0.3) is 0 Å². The van der Waals surface area contributed by atoms with Gasteiger partial charge in [-0.05, 0) is 18.2 Å². The number of carbonyl (C=O) groups excluding carboxylic acids is 1. The number of aromatic hydroxyl groups is 1. The van der Waals surface area contributed by atoms with E-state index in [0.717, 1.165) is 12.1 Å². The van der Waals surface area contributed by atoms with Gasteiger partial charge in [-0.3, -0.25) is 4.79 Å². The molecular weight excluding hydrogens is 247 g/mol. The first kappa shape index (κ1) is 12.6. The minimum absolute atomic E-state index is 0.0734. The predicted octanol–water partition coefficient (Wildman–Crippen LogP) is 2.59. The average Bonchev–Trinajstić information content (AvgIpc) is 2.19. The third-order valence-corrected chi connectivity index (χ3v) is 1.95. The molecule has 0 heterocycles. The van der Waals surface area contributed by atoms with Gasteiger partial charge in [0, 0.05) is 5.69 Å². The molecule has 1 aromatic carbocycles. The summed E-state index contributed by atoms with van der Waals surface area (Å²) >= 11 is 5.18. The summed E-state index contributed by atoms with van der Waals surface area (Å²) in [5, 5.41) is 11.2. The van der Waals surface area contributed by atoms with Crippen LogP contribution >= 0.6 is 11.6 Å². The average molecular weight is 254 g/mol. The molecule has 1 aromatic rings. The fourth-order valence-electron chi connectivity index (χ4n) is 1.04. The number of hydrogen-bond donors (Lipinski definition) is 2. The van der Waals surface area contributed by atoms with E-state index >= 15 is 0 Å². The molecule has 0 radical (unpaired) electrons. The second kappa shape index (κ2) is 4.61. The van der Waals surface area contributed by atoms with Gasteiger partial charge in [-0.25, -0.2) is 0 Å². The third kappa shape index (κ3) is 3.03. The number of phenols is 1. The number of alkyl halides is 4. The molecule has 1 amide bonds. The predicted molar refractivity (Wildman–Crippen MR) is 52.5 cm³/mol. The molecule has 0 fully saturated rings. The van der Waals surface area contributed by atoms with Crippen LogP contribution in [0.25, 0.3) is 0 Å². The fourth-order valence-corrected chi connectivity index (χ4v) is 1.10. The highest BCUT2D eigenvalue weighted by molar-refractivity contribution is 6.29. The molecule has 0 aliphatic carbocycles. The number of phenolic OH excluding ortho intramolecular Hbond substituents is 1. The van der Waals surface area contributed by atoms with E-state index in [4.69, 9.17) is 16.7 Å². The van der Waals surface area contributed by atoms with Gasteiger partial charge in [0.05, 0.1) is 5.56 Å². The summed E-state index contributed by atoms with van der Waals surface area (Å²) < 4.78 is 37.0. The maximum absolute atomic E-state index is 12.3. The molecule has 0 bridgehead atoms. The summed E-state index contributed by atoms with van der Waals surface area (Å²) in [4.78, 5) is 10.8. The number of benzene rings is 1. The van der Waals surface area contributed by atoms with Crippen LogP contribution in [0.1, 0.15) is 5.56 Å². The summed E-state index contributed by atoms with van der Waals surface area (Å²) in [6, 6.07) is 2.64. The Labute approximate surface area is 93.8 Å². The van der Waals surface area contributed by atoms with Crippen LogP contribution in [0.4, 0.5) is 18.9 Å². The third-order valence-electron chi connectivity index (χ3n) is 1.71. The molecule has 0 aliphatic rings. The molecule has 16 heavy (non-hydrogen) atoms. The van der Waals surface area contributed by atoms with Gasteiger partial charge in [-0.1, -0.05) is 0 Å². The molecule has 0 atom stereocenters. The van der Waals surface area contributed by atoms with Gasteiger partial charge in [0.1, 0.15) is 11.6 Å². The van der Waals surface area contributed by atoms with Crippen molar-refractivity contribution in [1.82, 2.24) is 0 Å². The molecule has 0 spiro atoms. The topological polar surface area (TPSA) is 49.3 Å². The number of halogens is 4. The fraction of sp³-hybridized carbons (Fsp3) is 0.222. The van der Waals surface area contributed by atoms with Gasteiger partial charge >= 0.3 is 6.18 Å². The van der Waals surface area contributed by atoms with Crippen molar-refractivity contribution in [1.29, 1.82) is 0 Å². The number of anilines is 1. The molecule has 0 aliphatic heterocycles. The Balaban J connectivity index is 3.03. The Hall–Kier alpha value is -1.43. The Morgan fingerprint density at radius 2 is 2.06 bits per heavy atom. The highest BCUT2D eigenvalue weighted by atomic mass is 35.5. The summed E-state index contributed by atoms with van der Waals surface area (Å²) in [5.41, 5.74) is -1.28. The summed E-state index contributed by atoms with van der Waals surface area (Å²) in [7, 11) is 0. The highest BCUT2D eigenvalue weighted by Gasteiger charge is 2.34. The van der Waals surface area contributed by atoms with E-state index in [2.05, 4.69) is 5.32 Å². The van der Waals surface area contributed by atoms with Crippen molar-refractivity contribution in [2.45, 2.75) is 6.18 Å². The molecule has 0 saturated heterocycles. The lowest BCUT2D eigenvalue weighted by Crippen LogP contribution is -2.13. The van der Waals surface area contributed by atoms with Crippen LogP contribution in [0.15, 0.2) is 18.2 Å². The van der Waals surface area contributed by atoms with E-state index in [1.165, 1.54) is 0 Å². The number of hydrogen-bond acceptors (Lipinski definition) is 2. The molecular formula is C9H7ClF3NO2. The molecule has 1 rings (SSSR count). The van der Waals surface area contributed by atoms with Crippen LogP contribution in [-0.2, 0) is 11.0 Å². The normalized spacial score (nSPS) is 11.2. The van der Waals surface area contributed by atoms with Crippen LogP contribution in [0.3, 0.4) is 0 Å². The lowest BCUT2D eigenvalue weighted by molar-refractivity contribution is -0.138. The minimum atomic E-state index is -4.67. The second-order valence-corrected chi connectivity index (χ2v) is 3.18. The lowest BCUT2D eigenvalue weighted by atomic mass is 10.1. The van der Waals surface area contributed by atoms with Gasteiger partial charge in [-0.2, -0.15) is 13.2 Å². The first-order valence-corrected chi connectivity index (χ1v) is 4.64. The van der Waals surface area contributed by atoms with Crippen LogP contribution in [0, 0.1) is 0 Å². The summed E-state index contributed by atoms with van der Waals surface area (Å²) in [6.45, 7) is 0. The Bertz CT molecular complexity index is 406. The van der Waals surface area contributed by atoms with Crippen LogP contribution in [0.5, 0.6) is 5.75 Å². The Morgan fingerprint density at radius 3 is 2.56 bits per heavy atom. The molecule has 7 heteroatoms. The maximum Gasteiger partial charge on any atom is 0.420 e. The quantitative estimate of drug-likeness (QED) is 0.629. The van der Waals surface area contributed by atoms with Gasteiger partial charge in [-0.15, -0.1) is 11.6 Å². The zero-order chi connectivity index (χ0) is 12.3. The molecule has 2 N–H and O–H groups in total. The van der Waals surface area contributed by atoms with Crippen LogP contribution in [0.2, 0.25) is 0 Å². The highest BCUT2D eigenvalue weighted by Crippen LogP contribution is 2.37. The first-order valence-electron chi connectivity index (χ1n) is 4.10. The Kier molecular flexibility index (Phi) is 3.64. The first-order chi connectivity index (χ1) is 7.34. The van der Waals surface area contributed by atoms with Crippen molar-refractivity contribution in [2.75, 3.05) is 11.2 Å². The van der Waals surface area contributed by atoms with E-state index in [0.29, 0.717) is 6.07 Å². The number of rotatable bonds is 2. The van der Waals surface area contributed by atoms with Gasteiger partial charge < -0.3 is 10.4 Å². The second-order valence-electron chi connectivity index (χ2n) is 2.91. The monoisotopic (exact) mass is 253 g/mol. The zero-order valence-electron chi connectivity index (χ0n) is 7.81. The SMILES string of the molecule is O=C(CCl)Nc1ccc(O)c(C(F)(F)F)c1. The van der Waals surface area contributed by atoms with Crippen molar-refractivity contribution >= 4 is 23.2 Å². The van der Waals surface area contributed by atoms with Gasteiger partial charge in [0.2, 0.25) is 5.91 Å². The van der Waals surface area contributed by atoms with Crippen LogP contribution in [-0.4, -0.2) is 16.9 Å². The van der Waals surface area contributed by atoms with E-state index in [-0.39, 0.29) is 11.6 Å². The molecule has 0 aromatic heterocycles. The summed E-state index contributed by atoms with van der Waals surface area (Å²) in [5.74, 6) is -1.88. The van der Waals surface area contributed by atoms with E-state index in [9.17, 15) is 18.0 Å². The van der Waals surface area contributed by atoms with E-state index < -0.39 is 23.4 Å². The van der Waals surface area contributed by atoms with Crippen molar-refractivity contribution < 1.29 is 23.1 Å². The standard InChI is InChI=1S/C9H7ClF3NO2/c10-4-8(16)14-5-1-2-7(15)6(3-5)9(11,12)13/h1-3,15H,4H2,(H,14,16). The van der Waals surface area contributed by atoms with Crippen molar-refractivity contribution in [3.63, 3.8) is 0 Å². The van der Waals surface area contributed by atoms with Crippen LogP contribution < -0.4 is 5.32 Å². The lowest BCUT2D eigenvalue weighted by Gasteiger charge is -2.11. The van der Waals surface area contributed by atoms with E-state index in [1.807, 2.05) is 0 Å². The largest absolute Gasteiger partial charge is 0.507 e. The molecule has 0 unspecified atom stereocenters. The molecule has 3 nitrogen and oxygen atoms in total. The van der Waals surface area contributed by atoms with Gasteiger partial charge in [0.15, 0.2) is 0 Å². The summed E-state index contributed by atoms with van der Waals surface area (Å²) in [6.07, 6.45) is -4.67. The zero-order valence-corrected chi connectivity index (χ0v) is 8.56. The Morgan fingerprint density at radius 1 is 1.44 bits per heavy atom. The van der Waals surface area contributed by atoms with Crippen molar-refractivity contribution in [3.8, 4) is 5.75 Å². The van der Waals surface area contributed by atoms with E-state index in [1.54, 1.807) is 0 Å². The maximum atomic E-state index is 12.3. The molecule has 88 valence electrons.